The van der Waals surface area contributed by atoms with E-state index in [0.29, 0.717) is 12.6 Å². The maximum absolute atomic E-state index is 12.0. The molecule has 2 fully saturated rings. The van der Waals surface area contributed by atoms with E-state index in [2.05, 4.69) is 27.4 Å². The highest BCUT2D eigenvalue weighted by Crippen LogP contribution is 2.09. The summed E-state index contributed by atoms with van der Waals surface area (Å²) in [5, 5.41) is 6.49. The number of rotatable bonds is 4. The fourth-order valence-electron chi connectivity index (χ4n) is 2.81. The van der Waals surface area contributed by atoms with Gasteiger partial charge in [-0.25, -0.2) is 0 Å². The number of nitrogens with one attached hydrogen (secondary N) is 2. The topological polar surface area (TPSA) is 47.6 Å². The Hall–Kier alpha value is -0.650. The number of hydrogen-bond donors (Lipinski definition) is 2. The summed E-state index contributed by atoms with van der Waals surface area (Å²) in [5.74, 6) is 0.194. The Bertz CT molecular complexity index is 266. The minimum Gasteiger partial charge on any atom is -0.351 e. The predicted octanol–water partition coefficient (Wildman–Crippen LogP) is -0.508. The first-order valence-electron chi connectivity index (χ1n) is 7.22. The summed E-state index contributed by atoms with van der Waals surface area (Å²) in [4.78, 5) is 16.6. The van der Waals surface area contributed by atoms with Crippen LogP contribution in [0.5, 0.6) is 0 Å². The van der Waals surface area contributed by atoms with Crippen molar-refractivity contribution in [2.45, 2.75) is 25.8 Å². The van der Waals surface area contributed by atoms with Crippen LogP contribution in [0.4, 0.5) is 0 Å². The molecule has 104 valence electrons. The predicted molar refractivity (Wildman–Crippen MR) is 72.6 cm³/mol. The van der Waals surface area contributed by atoms with Crippen LogP contribution >= 0.6 is 0 Å². The van der Waals surface area contributed by atoms with Gasteiger partial charge in [0.15, 0.2) is 0 Å². The summed E-state index contributed by atoms with van der Waals surface area (Å²) in [6.45, 7) is 10.0. The second-order valence-corrected chi connectivity index (χ2v) is 5.33. The second-order valence-electron chi connectivity index (χ2n) is 5.33. The average Bonchev–Trinajstić information content (AvgIpc) is 2.40. The molecule has 0 radical (unpaired) electrons. The Kier molecular flexibility index (Phi) is 5.41. The molecule has 5 heteroatoms. The molecule has 0 saturated carbocycles. The van der Waals surface area contributed by atoms with Crippen molar-refractivity contribution in [3.63, 3.8) is 0 Å². The van der Waals surface area contributed by atoms with Gasteiger partial charge in [0.05, 0.1) is 6.54 Å². The molecule has 0 bridgehead atoms. The Morgan fingerprint density at radius 3 is 2.78 bits per heavy atom. The summed E-state index contributed by atoms with van der Waals surface area (Å²) < 4.78 is 0. The zero-order valence-electron chi connectivity index (χ0n) is 11.5. The third kappa shape index (κ3) is 4.23. The fraction of sp³-hybridized carbons (Fsp3) is 0.923. The molecular formula is C13H26N4O. The molecule has 0 aromatic rings. The number of likely N-dealkylation sites (N-methyl/N-ethyl adjacent to an activating group) is 1. The monoisotopic (exact) mass is 254 g/mol. The number of carbonyl (C=O) groups excluding carboxylic acids is 1. The number of carbonyl (C=O) groups is 1. The Labute approximate surface area is 110 Å². The van der Waals surface area contributed by atoms with Gasteiger partial charge in [-0.3, -0.25) is 9.69 Å². The van der Waals surface area contributed by atoms with Crippen LogP contribution in [0.15, 0.2) is 0 Å². The van der Waals surface area contributed by atoms with E-state index in [1.807, 2.05) is 0 Å². The van der Waals surface area contributed by atoms with Crippen LogP contribution in [0, 0.1) is 0 Å². The quantitative estimate of drug-likeness (QED) is 0.709. The summed E-state index contributed by atoms with van der Waals surface area (Å²) in [5.41, 5.74) is 0. The normalized spacial score (nSPS) is 27.1. The van der Waals surface area contributed by atoms with E-state index >= 15 is 0 Å². The highest BCUT2D eigenvalue weighted by Gasteiger charge is 2.21. The molecule has 2 saturated heterocycles. The summed E-state index contributed by atoms with van der Waals surface area (Å²) >= 11 is 0. The van der Waals surface area contributed by atoms with Gasteiger partial charge in [0.1, 0.15) is 0 Å². The lowest BCUT2D eigenvalue weighted by molar-refractivity contribution is -0.123. The number of piperidine rings is 1. The van der Waals surface area contributed by atoms with Crippen LogP contribution in [0.3, 0.4) is 0 Å². The maximum Gasteiger partial charge on any atom is 0.234 e. The Morgan fingerprint density at radius 1 is 1.28 bits per heavy atom. The average molecular weight is 254 g/mol. The third-order valence-corrected chi connectivity index (χ3v) is 3.89. The van der Waals surface area contributed by atoms with Crippen LogP contribution in [-0.2, 0) is 4.79 Å². The lowest BCUT2D eigenvalue weighted by Crippen LogP contribution is -2.52. The van der Waals surface area contributed by atoms with Gasteiger partial charge in [-0.05, 0) is 25.9 Å². The van der Waals surface area contributed by atoms with Crippen LogP contribution in [-0.4, -0.2) is 74.1 Å². The molecule has 2 heterocycles. The lowest BCUT2D eigenvalue weighted by Gasteiger charge is -2.33. The number of likely N-dealkylation sites (tertiary alicyclic amines) is 1. The molecule has 1 atom stereocenters. The largest absolute Gasteiger partial charge is 0.351 e. The van der Waals surface area contributed by atoms with Gasteiger partial charge in [-0.1, -0.05) is 6.92 Å². The van der Waals surface area contributed by atoms with Crippen molar-refractivity contribution in [1.29, 1.82) is 0 Å². The van der Waals surface area contributed by atoms with Crippen molar-refractivity contribution in [2.75, 3.05) is 52.4 Å². The Balaban J connectivity index is 1.69. The van der Waals surface area contributed by atoms with Crippen molar-refractivity contribution < 1.29 is 4.79 Å². The molecule has 18 heavy (non-hydrogen) atoms. The first-order valence-corrected chi connectivity index (χ1v) is 7.22. The van der Waals surface area contributed by atoms with Crippen molar-refractivity contribution in [3.8, 4) is 0 Å². The highest BCUT2D eigenvalue weighted by molar-refractivity contribution is 5.78. The van der Waals surface area contributed by atoms with Crippen molar-refractivity contribution in [2.24, 2.45) is 0 Å². The summed E-state index contributed by atoms with van der Waals surface area (Å²) in [7, 11) is 0. The van der Waals surface area contributed by atoms with E-state index in [1.165, 1.54) is 13.0 Å². The summed E-state index contributed by atoms with van der Waals surface area (Å²) in [6.07, 6.45) is 2.33. The number of nitrogens with zero attached hydrogens (tertiary/aromatic N) is 2. The number of piperazine rings is 1. The number of hydrogen-bond acceptors (Lipinski definition) is 4. The van der Waals surface area contributed by atoms with E-state index < -0.39 is 0 Å². The van der Waals surface area contributed by atoms with Crippen molar-refractivity contribution in [3.05, 3.63) is 0 Å². The van der Waals surface area contributed by atoms with Gasteiger partial charge < -0.3 is 15.5 Å². The highest BCUT2D eigenvalue weighted by atomic mass is 16.2. The smallest absolute Gasteiger partial charge is 0.234 e. The molecular weight excluding hydrogens is 228 g/mol. The molecule has 1 amide bonds. The second kappa shape index (κ2) is 7.07. The first kappa shape index (κ1) is 13.8. The van der Waals surface area contributed by atoms with Crippen molar-refractivity contribution in [1.82, 2.24) is 20.4 Å². The summed E-state index contributed by atoms with van der Waals surface area (Å²) in [6, 6.07) is 0.356. The zero-order chi connectivity index (χ0) is 12.8. The van der Waals surface area contributed by atoms with E-state index in [-0.39, 0.29) is 5.91 Å². The van der Waals surface area contributed by atoms with E-state index in [1.54, 1.807) is 0 Å². The standard InChI is InChI=1S/C13H26N4O/c1-2-16-7-3-4-12(10-16)15-13(18)11-17-8-5-14-6-9-17/h12,14H,2-11H2,1H3,(H,15,18). The minimum absolute atomic E-state index is 0.194. The van der Waals surface area contributed by atoms with Gasteiger partial charge in [0.25, 0.3) is 0 Å². The van der Waals surface area contributed by atoms with E-state index in [0.717, 1.165) is 45.7 Å². The third-order valence-electron chi connectivity index (χ3n) is 3.89. The molecule has 0 aromatic heterocycles. The molecule has 1 unspecified atom stereocenters. The van der Waals surface area contributed by atoms with Crippen LogP contribution in [0.1, 0.15) is 19.8 Å². The lowest BCUT2D eigenvalue weighted by atomic mass is 10.1. The molecule has 5 nitrogen and oxygen atoms in total. The molecule has 0 aromatic carbocycles. The van der Waals surface area contributed by atoms with Gasteiger partial charge in [0.2, 0.25) is 5.91 Å². The molecule has 2 rings (SSSR count). The maximum atomic E-state index is 12.0. The van der Waals surface area contributed by atoms with Gasteiger partial charge >= 0.3 is 0 Å². The molecule has 2 aliphatic rings. The van der Waals surface area contributed by atoms with E-state index in [9.17, 15) is 4.79 Å². The van der Waals surface area contributed by atoms with Gasteiger partial charge in [0, 0.05) is 38.8 Å². The SMILES string of the molecule is CCN1CCCC(NC(=O)CN2CCNCC2)C1. The zero-order valence-corrected chi connectivity index (χ0v) is 11.5. The van der Waals surface area contributed by atoms with Gasteiger partial charge in [-0.2, -0.15) is 0 Å². The van der Waals surface area contributed by atoms with Crippen LogP contribution in [0.2, 0.25) is 0 Å². The molecule has 2 aliphatic heterocycles. The van der Waals surface area contributed by atoms with E-state index in [4.69, 9.17) is 0 Å². The first-order chi connectivity index (χ1) is 8.78. The van der Waals surface area contributed by atoms with Gasteiger partial charge in [-0.15, -0.1) is 0 Å². The van der Waals surface area contributed by atoms with Crippen LogP contribution < -0.4 is 10.6 Å². The minimum atomic E-state index is 0.194. The molecule has 2 N–H and O–H groups in total. The number of amides is 1. The van der Waals surface area contributed by atoms with Crippen LogP contribution in [0.25, 0.3) is 0 Å². The van der Waals surface area contributed by atoms with Crippen molar-refractivity contribution >= 4 is 5.91 Å². The molecule has 0 spiro atoms. The molecule has 0 aliphatic carbocycles. The fourth-order valence-corrected chi connectivity index (χ4v) is 2.81. The Morgan fingerprint density at radius 2 is 2.06 bits per heavy atom.